The van der Waals surface area contributed by atoms with Gasteiger partial charge in [0.05, 0.1) is 6.54 Å². The summed E-state index contributed by atoms with van der Waals surface area (Å²) in [5.74, 6) is 1.41. The van der Waals surface area contributed by atoms with Crippen LogP contribution in [0.2, 0.25) is 0 Å². The van der Waals surface area contributed by atoms with E-state index in [1.165, 1.54) is 0 Å². The molecule has 0 saturated heterocycles. The summed E-state index contributed by atoms with van der Waals surface area (Å²) in [6, 6.07) is 0.253. The fourth-order valence-corrected chi connectivity index (χ4v) is 3.67. The van der Waals surface area contributed by atoms with Crippen molar-refractivity contribution in [1.82, 2.24) is 10.2 Å². The topological polar surface area (TPSA) is 15.3 Å². The zero-order valence-corrected chi connectivity index (χ0v) is 14.0. The van der Waals surface area contributed by atoms with Crippen LogP contribution >= 0.6 is 0 Å². The van der Waals surface area contributed by atoms with Gasteiger partial charge in [0.1, 0.15) is 0 Å². The van der Waals surface area contributed by atoms with E-state index in [-0.39, 0.29) is 6.04 Å². The lowest BCUT2D eigenvalue weighted by atomic mass is 9.72. The fraction of sp³-hybridized carbons (Fsp3) is 1.00. The predicted molar refractivity (Wildman–Crippen MR) is 81.3 cm³/mol. The highest BCUT2D eigenvalue weighted by Gasteiger charge is 2.38. The van der Waals surface area contributed by atoms with E-state index in [9.17, 15) is 13.2 Å². The van der Waals surface area contributed by atoms with Gasteiger partial charge < -0.3 is 5.32 Å². The van der Waals surface area contributed by atoms with Crippen molar-refractivity contribution in [2.75, 3.05) is 19.6 Å². The van der Waals surface area contributed by atoms with Gasteiger partial charge in [-0.1, -0.05) is 20.8 Å². The van der Waals surface area contributed by atoms with Gasteiger partial charge in [-0.2, -0.15) is 13.2 Å². The molecule has 0 aromatic rings. The quantitative estimate of drug-likeness (QED) is 0.800. The Morgan fingerprint density at radius 3 is 2.29 bits per heavy atom. The van der Waals surface area contributed by atoms with E-state index in [2.05, 4.69) is 26.1 Å². The standard InChI is InChI=1S/C16H31F3N2/c1-6-20-15-8-12(4)7-13(5)14(15)9-21(11(2)3)10-16(17,18)19/h11-15,20H,6-10H2,1-5H3. The summed E-state index contributed by atoms with van der Waals surface area (Å²) in [5.41, 5.74) is 0. The first-order chi connectivity index (χ1) is 9.64. The largest absolute Gasteiger partial charge is 0.401 e. The van der Waals surface area contributed by atoms with E-state index < -0.39 is 12.7 Å². The molecule has 1 N–H and O–H groups in total. The summed E-state index contributed by atoms with van der Waals surface area (Å²) >= 11 is 0. The summed E-state index contributed by atoms with van der Waals surface area (Å²) in [4.78, 5) is 1.58. The smallest absolute Gasteiger partial charge is 0.314 e. The van der Waals surface area contributed by atoms with E-state index in [1.807, 2.05) is 13.8 Å². The number of nitrogens with one attached hydrogen (secondary N) is 1. The van der Waals surface area contributed by atoms with Crippen molar-refractivity contribution < 1.29 is 13.2 Å². The highest BCUT2D eigenvalue weighted by Crippen LogP contribution is 2.35. The van der Waals surface area contributed by atoms with Gasteiger partial charge in [-0.3, -0.25) is 4.90 Å². The van der Waals surface area contributed by atoms with Gasteiger partial charge in [0.15, 0.2) is 0 Å². The first-order valence-electron chi connectivity index (χ1n) is 8.18. The summed E-state index contributed by atoms with van der Waals surface area (Å²) in [5, 5.41) is 3.49. The zero-order chi connectivity index (χ0) is 16.2. The van der Waals surface area contributed by atoms with E-state index in [0.717, 1.165) is 19.4 Å². The van der Waals surface area contributed by atoms with Crippen LogP contribution < -0.4 is 5.32 Å². The molecule has 0 amide bonds. The molecular formula is C16H31F3N2. The maximum absolute atomic E-state index is 12.8. The van der Waals surface area contributed by atoms with Crippen molar-refractivity contribution in [1.29, 1.82) is 0 Å². The first kappa shape index (κ1) is 18.8. The molecule has 5 heteroatoms. The number of rotatable bonds is 6. The minimum absolute atomic E-state index is 0.0829. The number of nitrogens with zero attached hydrogens (tertiary/aromatic N) is 1. The Morgan fingerprint density at radius 2 is 1.81 bits per heavy atom. The number of halogens is 3. The zero-order valence-electron chi connectivity index (χ0n) is 14.0. The number of hydrogen-bond donors (Lipinski definition) is 1. The second-order valence-corrected chi connectivity index (χ2v) is 7.02. The molecule has 0 spiro atoms. The van der Waals surface area contributed by atoms with Gasteiger partial charge in [0.2, 0.25) is 0 Å². The first-order valence-corrected chi connectivity index (χ1v) is 8.18. The van der Waals surface area contributed by atoms with Gasteiger partial charge in [-0.15, -0.1) is 0 Å². The summed E-state index contributed by atoms with van der Waals surface area (Å²) in [6.07, 6.45) is -1.94. The molecule has 0 aliphatic heterocycles. The van der Waals surface area contributed by atoms with E-state index in [4.69, 9.17) is 0 Å². The van der Waals surface area contributed by atoms with Crippen molar-refractivity contribution >= 4 is 0 Å². The summed E-state index contributed by atoms with van der Waals surface area (Å²) < 4.78 is 38.3. The Labute approximate surface area is 127 Å². The molecule has 21 heavy (non-hydrogen) atoms. The Kier molecular flexibility index (Phi) is 6.98. The lowest BCUT2D eigenvalue weighted by Gasteiger charge is -2.43. The Hall–Kier alpha value is -0.290. The third kappa shape index (κ3) is 6.15. The average Bonchev–Trinajstić information content (AvgIpc) is 2.30. The van der Waals surface area contributed by atoms with Crippen LogP contribution in [0.4, 0.5) is 13.2 Å². The molecule has 4 unspecified atom stereocenters. The second kappa shape index (κ2) is 7.82. The monoisotopic (exact) mass is 308 g/mol. The fourth-order valence-electron chi connectivity index (χ4n) is 3.67. The van der Waals surface area contributed by atoms with Crippen LogP contribution in [0, 0.1) is 17.8 Å². The average molecular weight is 308 g/mol. The molecule has 0 heterocycles. The van der Waals surface area contributed by atoms with E-state index in [0.29, 0.717) is 30.3 Å². The summed E-state index contributed by atoms with van der Waals surface area (Å²) in [7, 11) is 0. The van der Waals surface area contributed by atoms with Crippen LogP contribution in [0.5, 0.6) is 0 Å². The SMILES string of the molecule is CCNC1CC(C)CC(C)C1CN(CC(F)(F)F)C(C)C. The normalized spacial score (nSPS) is 31.1. The van der Waals surface area contributed by atoms with Crippen LogP contribution in [0.3, 0.4) is 0 Å². The van der Waals surface area contributed by atoms with Gasteiger partial charge in [0.25, 0.3) is 0 Å². The van der Waals surface area contributed by atoms with Gasteiger partial charge in [0, 0.05) is 18.6 Å². The Morgan fingerprint density at radius 1 is 1.19 bits per heavy atom. The lowest BCUT2D eigenvalue weighted by molar-refractivity contribution is -0.152. The number of hydrogen-bond acceptors (Lipinski definition) is 2. The van der Waals surface area contributed by atoms with E-state index >= 15 is 0 Å². The molecule has 126 valence electrons. The van der Waals surface area contributed by atoms with Crippen LogP contribution in [0.15, 0.2) is 0 Å². The van der Waals surface area contributed by atoms with Crippen molar-refractivity contribution in [2.45, 2.75) is 65.7 Å². The maximum Gasteiger partial charge on any atom is 0.401 e. The molecule has 0 radical (unpaired) electrons. The lowest BCUT2D eigenvalue weighted by Crippen LogP contribution is -2.51. The minimum atomic E-state index is -4.12. The van der Waals surface area contributed by atoms with E-state index in [1.54, 1.807) is 4.90 Å². The summed E-state index contributed by atoms with van der Waals surface area (Å²) in [6.45, 7) is 10.8. The Bertz CT molecular complexity index is 304. The molecule has 0 aromatic heterocycles. The van der Waals surface area contributed by atoms with Gasteiger partial charge in [-0.25, -0.2) is 0 Å². The van der Waals surface area contributed by atoms with Crippen molar-refractivity contribution in [3.63, 3.8) is 0 Å². The molecule has 1 rings (SSSR count). The Balaban J connectivity index is 2.77. The van der Waals surface area contributed by atoms with Crippen LogP contribution in [-0.2, 0) is 0 Å². The third-order valence-corrected chi connectivity index (χ3v) is 4.70. The minimum Gasteiger partial charge on any atom is -0.314 e. The highest BCUT2D eigenvalue weighted by atomic mass is 19.4. The molecule has 1 fully saturated rings. The van der Waals surface area contributed by atoms with Gasteiger partial charge in [-0.05, 0) is 51.0 Å². The molecule has 0 bridgehead atoms. The molecule has 0 aromatic carbocycles. The highest BCUT2D eigenvalue weighted by molar-refractivity contribution is 4.90. The van der Waals surface area contributed by atoms with Crippen LogP contribution in [0.1, 0.15) is 47.5 Å². The maximum atomic E-state index is 12.8. The molecule has 1 aliphatic rings. The molecule has 1 saturated carbocycles. The predicted octanol–water partition coefficient (Wildman–Crippen LogP) is 3.92. The molecular weight excluding hydrogens is 277 g/mol. The van der Waals surface area contributed by atoms with Crippen molar-refractivity contribution in [2.24, 2.45) is 17.8 Å². The molecule has 2 nitrogen and oxygen atoms in total. The van der Waals surface area contributed by atoms with Crippen molar-refractivity contribution in [3.8, 4) is 0 Å². The van der Waals surface area contributed by atoms with Crippen LogP contribution in [0.25, 0.3) is 0 Å². The van der Waals surface area contributed by atoms with Crippen molar-refractivity contribution in [3.05, 3.63) is 0 Å². The van der Waals surface area contributed by atoms with Crippen LogP contribution in [-0.4, -0.2) is 42.8 Å². The second-order valence-electron chi connectivity index (χ2n) is 7.02. The molecule has 1 aliphatic carbocycles. The molecule has 4 atom stereocenters. The van der Waals surface area contributed by atoms with Gasteiger partial charge >= 0.3 is 6.18 Å². The number of alkyl halides is 3. The third-order valence-electron chi connectivity index (χ3n) is 4.70.